The minimum absolute atomic E-state index is 0.0442. The predicted molar refractivity (Wildman–Crippen MR) is 83.9 cm³/mol. The maximum absolute atomic E-state index is 13.3. The van der Waals surface area contributed by atoms with Gasteiger partial charge in [0.25, 0.3) is 0 Å². The number of nitrogens with zero attached hydrogens (tertiary/aromatic N) is 1. The molecule has 3 rings (SSSR count). The number of halogens is 1. The summed E-state index contributed by atoms with van der Waals surface area (Å²) in [6, 6.07) is 13.1. The van der Waals surface area contributed by atoms with Crippen LogP contribution in [0.25, 0.3) is 0 Å². The van der Waals surface area contributed by atoms with E-state index in [0.29, 0.717) is 5.69 Å². The molecule has 1 fully saturated rings. The summed E-state index contributed by atoms with van der Waals surface area (Å²) < 4.78 is 40.4. The van der Waals surface area contributed by atoms with Crippen molar-refractivity contribution in [1.82, 2.24) is 4.72 Å². The lowest BCUT2D eigenvalue weighted by molar-refractivity contribution is -0.117. The van der Waals surface area contributed by atoms with E-state index in [1.807, 2.05) is 0 Å². The third kappa shape index (κ3) is 3.40. The number of rotatable bonds is 4. The van der Waals surface area contributed by atoms with E-state index in [1.165, 1.54) is 35.2 Å². The van der Waals surface area contributed by atoms with Gasteiger partial charge in [0.05, 0.1) is 4.90 Å². The SMILES string of the molecule is O=C1C[C@@H](NS(=O)(=O)c2ccccc2)CN1c1cccc(F)c1. The topological polar surface area (TPSA) is 66.5 Å². The fraction of sp³-hybridized carbons (Fsp3) is 0.188. The number of amides is 1. The molecule has 0 aliphatic carbocycles. The zero-order valence-electron chi connectivity index (χ0n) is 12.1. The second-order valence-electron chi connectivity index (χ2n) is 5.32. The third-order valence-corrected chi connectivity index (χ3v) is 5.16. The maximum Gasteiger partial charge on any atom is 0.240 e. The molecule has 0 saturated carbocycles. The van der Waals surface area contributed by atoms with E-state index in [0.717, 1.165) is 0 Å². The van der Waals surface area contributed by atoms with Crippen LogP contribution >= 0.6 is 0 Å². The second kappa shape index (κ2) is 6.10. The number of anilines is 1. The average molecular weight is 334 g/mol. The minimum Gasteiger partial charge on any atom is -0.311 e. The van der Waals surface area contributed by atoms with Gasteiger partial charge < -0.3 is 4.90 Å². The van der Waals surface area contributed by atoms with Crippen molar-refractivity contribution < 1.29 is 17.6 Å². The molecule has 1 heterocycles. The van der Waals surface area contributed by atoms with Crippen LogP contribution in [0.4, 0.5) is 10.1 Å². The molecule has 23 heavy (non-hydrogen) atoms. The van der Waals surface area contributed by atoms with Gasteiger partial charge in [0.1, 0.15) is 5.82 Å². The quantitative estimate of drug-likeness (QED) is 0.929. The zero-order valence-corrected chi connectivity index (χ0v) is 13.0. The highest BCUT2D eigenvalue weighted by Gasteiger charge is 2.33. The van der Waals surface area contributed by atoms with Crippen molar-refractivity contribution in [3.63, 3.8) is 0 Å². The Morgan fingerprint density at radius 3 is 2.52 bits per heavy atom. The van der Waals surface area contributed by atoms with Gasteiger partial charge >= 0.3 is 0 Å². The molecule has 0 unspecified atom stereocenters. The number of nitrogens with one attached hydrogen (secondary N) is 1. The van der Waals surface area contributed by atoms with Crippen molar-refractivity contribution in [1.29, 1.82) is 0 Å². The van der Waals surface area contributed by atoms with Crippen LogP contribution < -0.4 is 9.62 Å². The van der Waals surface area contributed by atoms with Crippen molar-refractivity contribution in [2.45, 2.75) is 17.4 Å². The highest BCUT2D eigenvalue weighted by molar-refractivity contribution is 7.89. The first-order valence-electron chi connectivity index (χ1n) is 7.09. The molecule has 1 saturated heterocycles. The molecule has 1 atom stereocenters. The van der Waals surface area contributed by atoms with Gasteiger partial charge in [-0.1, -0.05) is 24.3 Å². The molecule has 2 aromatic rings. The van der Waals surface area contributed by atoms with Gasteiger partial charge in [-0.15, -0.1) is 0 Å². The van der Waals surface area contributed by atoms with E-state index < -0.39 is 21.9 Å². The fourth-order valence-corrected chi connectivity index (χ4v) is 3.82. The summed E-state index contributed by atoms with van der Waals surface area (Å²) in [7, 11) is -3.68. The van der Waals surface area contributed by atoms with E-state index in [2.05, 4.69) is 4.72 Å². The summed E-state index contributed by atoms with van der Waals surface area (Å²) >= 11 is 0. The molecule has 0 bridgehead atoms. The molecule has 1 aliphatic heterocycles. The molecule has 0 radical (unpaired) electrons. The second-order valence-corrected chi connectivity index (χ2v) is 7.03. The smallest absolute Gasteiger partial charge is 0.240 e. The fourth-order valence-electron chi connectivity index (χ4n) is 2.57. The van der Waals surface area contributed by atoms with E-state index >= 15 is 0 Å². The molecule has 7 heteroatoms. The van der Waals surface area contributed by atoms with Crippen LogP contribution in [0, 0.1) is 5.82 Å². The summed E-state index contributed by atoms with van der Waals surface area (Å²) in [5, 5.41) is 0. The summed E-state index contributed by atoms with van der Waals surface area (Å²) in [4.78, 5) is 13.6. The Kier molecular flexibility index (Phi) is 4.14. The van der Waals surface area contributed by atoms with Gasteiger partial charge in [-0.25, -0.2) is 17.5 Å². The number of sulfonamides is 1. The average Bonchev–Trinajstić information content (AvgIpc) is 2.88. The van der Waals surface area contributed by atoms with Gasteiger partial charge in [-0.05, 0) is 30.3 Å². The molecular formula is C16H15FN2O3S. The molecule has 1 aliphatic rings. The van der Waals surface area contributed by atoms with E-state index in [-0.39, 0.29) is 23.8 Å². The van der Waals surface area contributed by atoms with Gasteiger partial charge in [-0.3, -0.25) is 4.79 Å². The summed E-state index contributed by atoms with van der Waals surface area (Å²) in [6.07, 6.45) is 0.0442. The van der Waals surface area contributed by atoms with Gasteiger partial charge in [-0.2, -0.15) is 0 Å². The lowest BCUT2D eigenvalue weighted by atomic mass is 10.3. The molecule has 0 spiro atoms. The highest BCUT2D eigenvalue weighted by atomic mass is 32.2. The molecular weight excluding hydrogens is 319 g/mol. The standard InChI is InChI=1S/C16H15FN2O3S/c17-12-5-4-6-14(9-12)19-11-13(10-16(19)20)18-23(21,22)15-7-2-1-3-8-15/h1-9,13,18H,10-11H2/t13-/m1/s1. The van der Waals surface area contributed by atoms with Gasteiger partial charge in [0.2, 0.25) is 15.9 Å². The van der Waals surface area contributed by atoms with Crippen LogP contribution in [0.3, 0.4) is 0 Å². The van der Waals surface area contributed by atoms with Crippen molar-refractivity contribution >= 4 is 21.6 Å². The Bertz CT molecular complexity index is 824. The number of carbonyl (C=O) groups is 1. The maximum atomic E-state index is 13.3. The first-order chi connectivity index (χ1) is 11.0. The zero-order chi connectivity index (χ0) is 16.4. The lowest BCUT2D eigenvalue weighted by Gasteiger charge is -2.17. The number of carbonyl (C=O) groups excluding carboxylic acids is 1. The van der Waals surface area contributed by atoms with Crippen LogP contribution in [0.5, 0.6) is 0 Å². The highest BCUT2D eigenvalue weighted by Crippen LogP contribution is 2.23. The van der Waals surface area contributed by atoms with Crippen LogP contribution in [0.15, 0.2) is 59.5 Å². The summed E-state index contributed by atoms with van der Waals surface area (Å²) in [5.41, 5.74) is 0.427. The Morgan fingerprint density at radius 1 is 1.09 bits per heavy atom. The van der Waals surface area contributed by atoms with Crippen molar-refractivity contribution in [2.75, 3.05) is 11.4 Å². The number of hydrogen-bond acceptors (Lipinski definition) is 3. The Balaban J connectivity index is 1.76. The normalized spacial score (nSPS) is 18.4. The van der Waals surface area contributed by atoms with Gasteiger partial charge in [0, 0.05) is 24.7 Å². The molecule has 5 nitrogen and oxygen atoms in total. The molecule has 1 amide bonds. The summed E-state index contributed by atoms with van der Waals surface area (Å²) in [5.74, 6) is -0.681. The number of benzene rings is 2. The predicted octanol–water partition coefficient (Wildman–Crippen LogP) is 1.91. The van der Waals surface area contributed by atoms with Crippen LogP contribution in [-0.4, -0.2) is 26.9 Å². The first-order valence-corrected chi connectivity index (χ1v) is 8.57. The Labute approximate surface area is 133 Å². The third-order valence-electron chi connectivity index (χ3n) is 3.62. The minimum atomic E-state index is -3.68. The van der Waals surface area contributed by atoms with E-state index in [1.54, 1.807) is 24.3 Å². The van der Waals surface area contributed by atoms with Crippen LogP contribution in [0.2, 0.25) is 0 Å². The van der Waals surface area contributed by atoms with Gasteiger partial charge in [0.15, 0.2) is 0 Å². The first kappa shape index (κ1) is 15.6. The number of hydrogen-bond donors (Lipinski definition) is 1. The van der Waals surface area contributed by atoms with E-state index in [4.69, 9.17) is 0 Å². The van der Waals surface area contributed by atoms with Crippen LogP contribution in [-0.2, 0) is 14.8 Å². The van der Waals surface area contributed by atoms with E-state index in [9.17, 15) is 17.6 Å². The molecule has 0 aromatic heterocycles. The summed E-state index contributed by atoms with van der Waals surface area (Å²) in [6.45, 7) is 0.175. The molecule has 1 N–H and O–H groups in total. The Morgan fingerprint density at radius 2 is 1.83 bits per heavy atom. The molecule has 120 valence electrons. The lowest BCUT2D eigenvalue weighted by Crippen LogP contribution is -2.37. The van der Waals surface area contributed by atoms with Crippen molar-refractivity contribution in [3.8, 4) is 0 Å². The monoisotopic (exact) mass is 334 g/mol. The van der Waals surface area contributed by atoms with Crippen molar-refractivity contribution in [3.05, 3.63) is 60.4 Å². The van der Waals surface area contributed by atoms with Crippen molar-refractivity contribution in [2.24, 2.45) is 0 Å². The molecule has 2 aromatic carbocycles. The Hall–Kier alpha value is -2.25. The van der Waals surface area contributed by atoms with Crippen LogP contribution in [0.1, 0.15) is 6.42 Å². The largest absolute Gasteiger partial charge is 0.311 e.